The van der Waals surface area contributed by atoms with Gasteiger partial charge in [0, 0.05) is 6.04 Å². The van der Waals surface area contributed by atoms with E-state index in [0.717, 1.165) is 50.7 Å². The molecule has 2 aliphatic rings. The van der Waals surface area contributed by atoms with Crippen LogP contribution in [0.4, 0.5) is 5.69 Å². The van der Waals surface area contributed by atoms with Gasteiger partial charge in [-0.2, -0.15) is 0 Å². The summed E-state index contributed by atoms with van der Waals surface area (Å²) in [6.07, 6.45) is 9.33. The molecule has 2 amide bonds. The number of ether oxygens (including phenoxy) is 1. The van der Waals surface area contributed by atoms with Crippen molar-refractivity contribution in [3.63, 3.8) is 0 Å². The van der Waals surface area contributed by atoms with Crippen molar-refractivity contribution in [2.45, 2.75) is 76.9 Å². The highest BCUT2D eigenvalue weighted by atomic mass is 16.5. The van der Waals surface area contributed by atoms with Gasteiger partial charge in [0.2, 0.25) is 0 Å². The molecule has 0 saturated heterocycles. The summed E-state index contributed by atoms with van der Waals surface area (Å²) in [5.41, 5.74) is 3.55. The second kappa shape index (κ2) is 9.99. The molecule has 0 radical (unpaired) electrons. The first-order chi connectivity index (χ1) is 15.1. The maximum Gasteiger partial charge on any atom is 0.265 e. The predicted molar refractivity (Wildman–Crippen MR) is 123 cm³/mol. The van der Waals surface area contributed by atoms with Crippen LogP contribution < -0.4 is 15.4 Å². The van der Waals surface area contributed by atoms with E-state index in [1.165, 1.54) is 24.0 Å². The summed E-state index contributed by atoms with van der Waals surface area (Å²) in [7, 11) is 0. The smallest absolute Gasteiger partial charge is 0.265 e. The molecule has 5 nitrogen and oxygen atoms in total. The molecule has 2 N–H and O–H groups in total. The van der Waals surface area contributed by atoms with Gasteiger partial charge < -0.3 is 15.4 Å². The normalized spacial score (nSPS) is 17.3. The molecule has 1 saturated carbocycles. The van der Waals surface area contributed by atoms with Crippen LogP contribution in [0.5, 0.6) is 5.75 Å². The molecule has 0 spiro atoms. The number of fused-ring (bicyclic) bond motifs is 1. The van der Waals surface area contributed by atoms with Crippen molar-refractivity contribution in [3.05, 3.63) is 59.2 Å². The lowest BCUT2D eigenvalue weighted by molar-refractivity contribution is -0.122. The fraction of sp³-hybridized carbons (Fsp3) is 0.462. The average molecular weight is 421 g/mol. The molecule has 5 heteroatoms. The molecule has 1 atom stereocenters. The van der Waals surface area contributed by atoms with E-state index in [1.807, 2.05) is 24.3 Å². The minimum atomic E-state index is -0.664. The topological polar surface area (TPSA) is 67.4 Å². The highest BCUT2D eigenvalue weighted by molar-refractivity contribution is 6.04. The van der Waals surface area contributed by atoms with Crippen LogP contribution in [0.25, 0.3) is 0 Å². The Hall–Kier alpha value is -2.82. The SMILES string of the molecule is C[C@H](Oc1cccc2c1CCCC2)C(=O)Nc1ccccc1C(=O)NC1CCCCC1. The Morgan fingerprint density at radius 1 is 0.935 bits per heavy atom. The van der Waals surface area contributed by atoms with E-state index in [-0.39, 0.29) is 17.9 Å². The fourth-order valence-corrected chi connectivity index (χ4v) is 4.64. The Balaban J connectivity index is 1.42. The summed E-state index contributed by atoms with van der Waals surface area (Å²) in [6, 6.07) is 13.5. The first-order valence-electron chi connectivity index (χ1n) is 11.6. The number of rotatable bonds is 6. The predicted octanol–water partition coefficient (Wildman–Crippen LogP) is 5.03. The monoisotopic (exact) mass is 420 g/mol. The van der Waals surface area contributed by atoms with Crippen molar-refractivity contribution < 1.29 is 14.3 Å². The summed E-state index contributed by atoms with van der Waals surface area (Å²) >= 11 is 0. The van der Waals surface area contributed by atoms with Crippen molar-refractivity contribution >= 4 is 17.5 Å². The number of carbonyl (C=O) groups excluding carboxylic acids is 2. The third-order valence-electron chi connectivity index (χ3n) is 6.40. The van der Waals surface area contributed by atoms with Crippen LogP contribution in [0.2, 0.25) is 0 Å². The Morgan fingerprint density at radius 3 is 2.55 bits per heavy atom. The number of benzene rings is 2. The second-order valence-electron chi connectivity index (χ2n) is 8.70. The van der Waals surface area contributed by atoms with Crippen LogP contribution in [-0.2, 0) is 17.6 Å². The molecule has 0 bridgehead atoms. The number of hydrogen-bond acceptors (Lipinski definition) is 3. The average Bonchev–Trinajstić information content (AvgIpc) is 2.80. The first-order valence-corrected chi connectivity index (χ1v) is 11.6. The zero-order valence-corrected chi connectivity index (χ0v) is 18.3. The van der Waals surface area contributed by atoms with Gasteiger partial charge in [0.25, 0.3) is 11.8 Å². The van der Waals surface area contributed by atoms with Gasteiger partial charge in [-0.25, -0.2) is 0 Å². The quantitative estimate of drug-likeness (QED) is 0.688. The first kappa shape index (κ1) is 21.4. The van der Waals surface area contributed by atoms with Crippen LogP contribution in [0.15, 0.2) is 42.5 Å². The van der Waals surface area contributed by atoms with Crippen molar-refractivity contribution in [2.24, 2.45) is 0 Å². The molecule has 164 valence electrons. The van der Waals surface area contributed by atoms with E-state index in [2.05, 4.69) is 16.7 Å². The minimum absolute atomic E-state index is 0.131. The van der Waals surface area contributed by atoms with Gasteiger partial charge in [0.15, 0.2) is 6.10 Å². The summed E-state index contributed by atoms with van der Waals surface area (Å²) < 4.78 is 6.06. The van der Waals surface area contributed by atoms with Gasteiger partial charge in [0.1, 0.15) is 5.75 Å². The molecular weight excluding hydrogens is 388 g/mol. The van der Waals surface area contributed by atoms with Crippen molar-refractivity contribution in [2.75, 3.05) is 5.32 Å². The number of aryl methyl sites for hydroxylation is 1. The third kappa shape index (κ3) is 5.27. The van der Waals surface area contributed by atoms with Gasteiger partial charge in [-0.1, -0.05) is 43.5 Å². The lowest BCUT2D eigenvalue weighted by atomic mass is 9.91. The molecule has 1 fully saturated rings. The maximum absolute atomic E-state index is 12.9. The van der Waals surface area contributed by atoms with Crippen LogP contribution in [0.1, 0.15) is 73.4 Å². The van der Waals surface area contributed by atoms with Crippen molar-refractivity contribution in [3.8, 4) is 5.75 Å². The van der Waals surface area contributed by atoms with Crippen LogP contribution in [0, 0.1) is 0 Å². The summed E-state index contributed by atoms with van der Waals surface area (Å²) in [6.45, 7) is 1.75. The minimum Gasteiger partial charge on any atom is -0.481 e. The standard InChI is InChI=1S/C26H32N2O3/c1-18(31-24-17-9-11-19-10-5-6-14-21(19)24)25(29)28-23-16-8-7-15-22(23)26(30)27-20-12-3-2-4-13-20/h7-9,11,15-18,20H,2-6,10,12-14H2,1H3,(H,27,30)(H,28,29)/t18-/m0/s1. The van der Waals surface area contributed by atoms with E-state index in [0.29, 0.717) is 11.3 Å². The molecule has 31 heavy (non-hydrogen) atoms. The van der Waals surface area contributed by atoms with Gasteiger partial charge in [-0.15, -0.1) is 0 Å². The fourth-order valence-electron chi connectivity index (χ4n) is 4.64. The largest absolute Gasteiger partial charge is 0.481 e. The Kier molecular flexibility index (Phi) is 6.90. The molecule has 2 aromatic carbocycles. The summed E-state index contributed by atoms with van der Waals surface area (Å²) in [5.74, 6) is 0.406. The molecular formula is C26H32N2O3. The molecule has 2 aromatic rings. The van der Waals surface area contributed by atoms with E-state index in [4.69, 9.17) is 4.74 Å². The van der Waals surface area contributed by atoms with E-state index < -0.39 is 6.10 Å². The van der Waals surface area contributed by atoms with Crippen LogP contribution in [0.3, 0.4) is 0 Å². The highest BCUT2D eigenvalue weighted by Crippen LogP contribution is 2.30. The zero-order valence-electron chi connectivity index (χ0n) is 18.3. The number of nitrogens with one attached hydrogen (secondary N) is 2. The highest BCUT2D eigenvalue weighted by Gasteiger charge is 2.22. The Morgan fingerprint density at radius 2 is 1.71 bits per heavy atom. The zero-order chi connectivity index (χ0) is 21.6. The third-order valence-corrected chi connectivity index (χ3v) is 6.40. The molecule has 0 unspecified atom stereocenters. The number of anilines is 1. The van der Waals surface area contributed by atoms with Crippen LogP contribution >= 0.6 is 0 Å². The summed E-state index contributed by atoms with van der Waals surface area (Å²) in [4.78, 5) is 25.7. The molecule has 0 aliphatic heterocycles. The Labute approximate surface area is 184 Å². The van der Waals surface area contributed by atoms with Crippen LogP contribution in [-0.4, -0.2) is 24.0 Å². The van der Waals surface area contributed by atoms with Crippen molar-refractivity contribution in [1.29, 1.82) is 0 Å². The number of para-hydroxylation sites is 1. The second-order valence-corrected chi connectivity index (χ2v) is 8.70. The Bertz CT molecular complexity index is 934. The van der Waals surface area contributed by atoms with E-state index in [1.54, 1.807) is 19.1 Å². The maximum atomic E-state index is 12.9. The summed E-state index contributed by atoms with van der Waals surface area (Å²) in [5, 5.41) is 6.03. The molecule has 2 aliphatic carbocycles. The lowest BCUT2D eigenvalue weighted by Gasteiger charge is -2.24. The number of carbonyl (C=O) groups is 2. The van der Waals surface area contributed by atoms with Crippen molar-refractivity contribution in [1.82, 2.24) is 5.32 Å². The van der Waals surface area contributed by atoms with Gasteiger partial charge in [0.05, 0.1) is 11.3 Å². The van der Waals surface area contributed by atoms with E-state index in [9.17, 15) is 9.59 Å². The molecule has 4 rings (SSSR count). The molecule has 0 heterocycles. The van der Waals surface area contributed by atoms with Gasteiger partial charge >= 0.3 is 0 Å². The van der Waals surface area contributed by atoms with E-state index >= 15 is 0 Å². The number of amides is 2. The lowest BCUT2D eigenvalue weighted by Crippen LogP contribution is -2.37. The van der Waals surface area contributed by atoms with Gasteiger partial charge in [-0.3, -0.25) is 9.59 Å². The molecule has 0 aromatic heterocycles. The van der Waals surface area contributed by atoms with Gasteiger partial charge in [-0.05, 0) is 74.8 Å². The number of hydrogen-bond donors (Lipinski definition) is 2.